The summed E-state index contributed by atoms with van der Waals surface area (Å²) in [6.07, 6.45) is 10.2. The maximum atomic E-state index is 13.1. The van der Waals surface area contributed by atoms with Gasteiger partial charge in [-0.3, -0.25) is 9.69 Å². The van der Waals surface area contributed by atoms with E-state index in [2.05, 4.69) is 15.2 Å². The average molecular weight is 438 g/mol. The number of likely N-dealkylation sites (tertiary alicyclic amines) is 1. The number of amides is 1. The van der Waals surface area contributed by atoms with Crippen LogP contribution in [0.3, 0.4) is 0 Å². The Kier molecular flexibility index (Phi) is 6.05. The molecule has 0 atom stereocenters. The summed E-state index contributed by atoms with van der Waals surface area (Å²) in [5.41, 5.74) is 4.65. The minimum atomic E-state index is 0.0570. The van der Waals surface area contributed by atoms with Crippen molar-refractivity contribution in [3.05, 3.63) is 35.2 Å². The number of aromatic nitrogens is 3. The van der Waals surface area contributed by atoms with Gasteiger partial charge in [0.25, 0.3) is 0 Å². The number of nitrogens with zero attached hydrogens (tertiary/aromatic N) is 4. The first-order valence-corrected chi connectivity index (χ1v) is 12.6. The number of imidazole rings is 1. The van der Waals surface area contributed by atoms with Gasteiger partial charge in [0.15, 0.2) is 5.82 Å². The first kappa shape index (κ1) is 20.6. The predicted octanol–water partition coefficient (Wildman–Crippen LogP) is 4.46. The van der Waals surface area contributed by atoms with E-state index in [4.69, 9.17) is 4.98 Å². The molecule has 3 heterocycles. The Morgan fingerprint density at radius 1 is 1.06 bits per heavy atom. The van der Waals surface area contributed by atoms with E-state index in [9.17, 15) is 4.79 Å². The fourth-order valence-electron chi connectivity index (χ4n) is 5.40. The lowest BCUT2D eigenvalue weighted by molar-refractivity contribution is -0.122. The van der Waals surface area contributed by atoms with Gasteiger partial charge in [0.1, 0.15) is 12.2 Å². The molecule has 7 heteroatoms. The predicted molar refractivity (Wildman–Crippen MR) is 125 cm³/mol. The molecule has 0 bridgehead atoms. The molecule has 0 radical (unpaired) electrons. The second-order valence-electron chi connectivity index (χ2n) is 8.99. The quantitative estimate of drug-likeness (QED) is 0.618. The highest BCUT2D eigenvalue weighted by Crippen LogP contribution is 2.35. The fraction of sp³-hybridized carbons (Fsp3) is 0.542. The van der Waals surface area contributed by atoms with E-state index in [-0.39, 0.29) is 18.0 Å². The topological polar surface area (TPSA) is 63.1 Å². The van der Waals surface area contributed by atoms with Crippen LogP contribution in [0, 0.1) is 0 Å². The minimum Gasteiger partial charge on any atom is -0.353 e. The third-order valence-corrected chi connectivity index (χ3v) is 7.63. The lowest BCUT2D eigenvalue weighted by Gasteiger charge is -2.48. The Morgan fingerprint density at radius 2 is 1.84 bits per heavy atom. The smallest absolute Gasteiger partial charge is 0.240 e. The number of hydrogen-bond donors (Lipinski definition) is 1. The molecule has 2 fully saturated rings. The Bertz CT molecular complexity index is 1020. The van der Waals surface area contributed by atoms with Crippen molar-refractivity contribution in [2.75, 3.05) is 19.6 Å². The summed E-state index contributed by atoms with van der Waals surface area (Å²) in [6.45, 7) is 3.37. The molecule has 1 N–H and O–H groups in total. The van der Waals surface area contributed by atoms with E-state index in [0.717, 1.165) is 29.1 Å². The maximum Gasteiger partial charge on any atom is 0.240 e. The Hall–Kier alpha value is -2.25. The molecule has 1 amide bonds. The standard InChI is InChI=1S/C24H31N5OS/c30-22(25-17-24(11-5-1-6-12-24)28-13-7-2-8-14-28)15-29-21-10-4-3-9-19(21)27-23(29)20-16-31-18-26-20/h3-4,9-10,16,18H,1-2,5-8,11-15,17H2,(H,25,30). The molecule has 0 unspecified atom stereocenters. The average Bonchev–Trinajstić information content (AvgIpc) is 3.48. The number of thiazole rings is 1. The summed E-state index contributed by atoms with van der Waals surface area (Å²) < 4.78 is 2.01. The number of fused-ring (bicyclic) bond motifs is 1. The van der Waals surface area contributed by atoms with E-state index < -0.39 is 0 Å². The highest BCUT2D eigenvalue weighted by atomic mass is 32.1. The number of benzene rings is 1. The van der Waals surface area contributed by atoms with Crippen LogP contribution in [0.2, 0.25) is 0 Å². The van der Waals surface area contributed by atoms with E-state index >= 15 is 0 Å². The van der Waals surface area contributed by atoms with Crippen molar-refractivity contribution in [3.8, 4) is 11.5 Å². The number of piperidine rings is 1. The van der Waals surface area contributed by atoms with Crippen molar-refractivity contribution < 1.29 is 4.79 Å². The van der Waals surface area contributed by atoms with Crippen LogP contribution in [0.5, 0.6) is 0 Å². The van der Waals surface area contributed by atoms with Gasteiger partial charge in [0.05, 0.1) is 16.5 Å². The summed E-state index contributed by atoms with van der Waals surface area (Å²) >= 11 is 1.55. The largest absolute Gasteiger partial charge is 0.353 e. The van der Waals surface area contributed by atoms with Gasteiger partial charge in [-0.25, -0.2) is 9.97 Å². The normalized spacial score (nSPS) is 19.5. The van der Waals surface area contributed by atoms with Gasteiger partial charge in [-0.05, 0) is 50.9 Å². The molecule has 1 aromatic carbocycles. The van der Waals surface area contributed by atoms with E-state index in [1.54, 1.807) is 11.3 Å². The molecular weight excluding hydrogens is 406 g/mol. The Morgan fingerprint density at radius 3 is 2.61 bits per heavy atom. The summed E-state index contributed by atoms with van der Waals surface area (Å²) in [6, 6.07) is 8.00. The third kappa shape index (κ3) is 4.26. The first-order chi connectivity index (χ1) is 15.3. The molecule has 1 saturated carbocycles. The number of rotatable bonds is 6. The number of carbonyl (C=O) groups excluding carboxylic acids is 1. The molecule has 2 aliphatic rings. The third-order valence-electron chi connectivity index (χ3n) is 7.04. The van der Waals surface area contributed by atoms with Crippen LogP contribution in [0.15, 0.2) is 35.2 Å². The molecule has 2 aromatic heterocycles. The van der Waals surface area contributed by atoms with Gasteiger partial charge in [-0.1, -0.05) is 37.8 Å². The minimum absolute atomic E-state index is 0.0570. The summed E-state index contributed by atoms with van der Waals surface area (Å²) in [5.74, 6) is 0.822. The Balaban J connectivity index is 1.34. The van der Waals surface area contributed by atoms with Crippen LogP contribution in [-0.4, -0.2) is 50.5 Å². The second-order valence-corrected chi connectivity index (χ2v) is 9.71. The molecule has 5 rings (SSSR count). The summed E-state index contributed by atoms with van der Waals surface area (Å²) in [5, 5.41) is 5.31. The number of nitrogens with one attached hydrogen (secondary N) is 1. The van der Waals surface area contributed by atoms with Crippen molar-refractivity contribution in [1.82, 2.24) is 24.8 Å². The van der Waals surface area contributed by atoms with Crippen molar-refractivity contribution >= 4 is 28.3 Å². The van der Waals surface area contributed by atoms with Crippen LogP contribution in [0.4, 0.5) is 0 Å². The van der Waals surface area contributed by atoms with E-state index in [0.29, 0.717) is 0 Å². The number of hydrogen-bond acceptors (Lipinski definition) is 5. The molecule has 3 aromatic rings. The summed E-state index contributed by atoms with van der Waals surface area (Å²) in [7, 11) is 0. The molecule has 1 aliphatic heterocycles. The highest BCUT2D eigenvalue weighted by Gasteiger charge is 2.38. The zero-order valence-electron chi connectivity index (χ0n) is 18.1. The fourth-order valence-corrected chi connectivity index (χ4v) is 5.93. The number of carbonyl (C=O) groups is 1. The van der Waals surface area contributed by atoms with E-state index in [1.165, 1.54) is 64.5 Å². The van der Waals surface area contributed by atoms with Crippen LogP contribution >= 0.6 is 11.3 Å². The van der Waals surface area contributed by atoms with Crippen molar-refractivity contribution in [1.29, 1.82) is 0 Å². The molecule has 0 spiro atoms. The lowest BCUT2D eigenvalue weighted by atomic mass is 9.79. The SMILES string of the molecule is O=C(Cn1c(-c2cscn2)nc2ccccc21)NCC1(N2CCCCC2)CCCCC1. The van der Waals surface area contributed by atoms with Gasteiger partial charge in [0, 0.05) is 17.5 Å². The molecule has 164 valence electrons. The van der Waals surface area contributed by atoms with Crippen LogP contribution in [0.25, 0.3) is 22.6 Å². The van der Waals surface area contributed by atoms with Crippen molar-refractivity contribution in [2.24, 2.45) is 0 Å². The zero-order chi connectivity index (χ0) is 21.1. The summed E-state index contributed by atoms with van der Waals surface area (Å²) in [4.78, 5) is 25.0. The maximum absolute atomic E-state index is 13.1. The van der Waals surface area contributed by atoms with Crippen LogP contribution in [0.1, 0.15) is 51.4 Å². The van der Waals surface area contributed by atoms with E-state index in [1.807, 2.05) is 39.7 Å². The van der Waals surface area contributed by atoms with Crippen molar-refractivity contribution in [2.45, 2.75) is 63.5 Å². The second kappa shape index (κ2) is 9.09. The molecular formula is C24H31N5OS. The van der Waals surface area contributed by atoms with Crippen LogP contribution < -0.4 is 5.32 Å². The van der Waals surface area contributed by atoms with Gasteiger partial charge < -0.3 is 9.88 Å². The monoisotopic (exact) mass is 437 g/mol. The first-order valence-electron chi connectivity index (χ1n) is 11.6. The van der Waals surface area contributed by atoms with Gasteiger partial charge in [-0.15, -0.1) is 11.3 Å². The molecule has 1 saturated heterocycles. The molecule has 31 heavy (non-hydrogen) atoms. The van der Waals surface area contributed by atoms with Gasteiger partial charge in [0.2, 0.25) is 5.91 Å². The van der Waals surface area contributed by atoms with Crippen molar-refractivity contribution in [3.63, 3.8) is 0 Å². The highest BCUT2D eigenvalue weighted by molar-refractivity contribution is 7.07. The zero-order valence-corrected chi connectivity index (χ0v) is 18.9. The Labute approximate surface area is 187 Å². The molecule has 6 nitrogen and oxygen atoms in total. The lowest BCUT2D eigenvalue weighted by Crippen LogP contribution is -2.58. The van der Waals surface area contributed by atoms with Gasteiger partial charge >= 0.3 is 0 Å². The van der Waals surface area contributed by atoms with Gasteiger partial charge in [-0.2, -0.15) is 0 Å². The van der Waals surface area contributed by atoms with Crippen LogP contribution in [-0.2, 0) is 11.3 Å². The number of para-hydroxylation sites is 2. The molecule has 1 aliphatic carbocycles.